The molecule has 0 aromatic heterocycles. The fourth-order valence-corrected chi connectivity index (χ4v) is 1.32. The van der Waals surface area contributed by atoms with Gasteiger partial charge in [-0.1, -0.05) is 0 Å². The number of nitrogens with one attached hydrogen (secondary N) is 1. The number of ether oxygens (including phenoxy) is 3. The van der Waals surface area contributed by atoms with Crippen LogP contribution < -0.4 is 14.9 Å². The molecule has 0 aliphatic carbocycles. The molecule has 1 aromatic carbocycles. The fraction of sp³-hybridized carbons (Fsp3) is 0.273. The zero-order valence-electron chi connectivity index (χ0n) is 9.30. The molecule has 0 unspecified atom stereocenters. The van der Waals surface area contributed by atoms with Gasteiger partial charge in [-0.2, -0.15) is 5.10 Å². The van der Waals surface area contributed by atoms with E-state index in [2.05, 4.69) is 15.3 Å². The quantitative estimate of drug-likeness (QED) is 0.637. The van der Waals surface area contributed by atoms with Gasteiger partial charge in [0.1, 0.15) is 0 Å². The Morgan fingerprint density at radius 2 is 2.35 bits per heavy atom. The van der Waals surface area contributed by atoms with Crippen molar-refractivity contribution in [2.75, 3.05) is 13.4 Å². The summed E-state index contributed by atoms with van der Waals surface area (Å²) in [7, 11) is 0. The summed E-state index contributed by atoms with van der Waals surface area (Å²) in [5.74, 6) is 1.38. The van der Waals surface area contributed by atoms with Gasteiger partial charge < -0.3 is 14.2 Å². The summed E-state index contributed by atoms with van der Waals surface area (Å²) in [6.45, 7) is 2.27. The Hall–Kier alpha value is -2.24. The minimum atomic E-state index is -0.579. The highest BCUT2D eigenvalue weighted by molar-refractivity contribution is 5.82. The molecule has 1 aromatic rings. The number of nitrogens with zero attached hydrogens (tertiary/aromatic N) is 1. The summed E-state index contributed by atoms with van der Waals surface area (Å²) in [5, 5.41) is 3.74. The molecule has 1 N–H and O–H groups in total. The van der Waals surface area contributed by atoms with Crippen LogP contribution in [0.1, 0.15) is 12.5 Å². The molecule has 90 valence electrons. The van der Waals surface area contributed by atoms with Crippen molar-refractivity contribution in [2.45, 2.75) is 6.92 Å². The molecule has 0 atom stereocenters. The van der Waals surface area contributed by atoms with Crippen molar-refractivity contribution >= 4 is 12.3 Å². The first-order valence-corrected chi connectivity index (χ1v) is 5.15. The number of rotatable bonds is 3. The molecule has 1 amide bonds. The largest absolute Gasteiger partial charge is 0.454 e. The van der Waals surface area contributed by atoms with Crippen LogP contribution in [0.5, 0.6) is 11.5 Å². The fourth-order valence-electron chi connectivity index (χ4n) is 1.32. The van der Waals surface area contributed by atoms with Crippen LogP contribution in [0, 0.1) is 0 Å². The van der Waals surface area contributed by atoms with E-state index in [0.717, 1.165) is 5.56 Å². The van der Waals surface area contributed by atoms with Gasteiger partial charge in [0.05, 0.1) is 12.8 Å². The Balaban J connectivity index is 1.95. The smallest absolute Gasteiger partial charge is 0.427 e. The first-order chi connectivity index (χ1) is 8.29. The average Bonchev–Trinajstić information content (AvgIpc) is 2.76. The molecule has 0 saturated heterocycles. The van der Waals surface area contributed by atoms with Crippen molar-refractivity contribution in [3.05, 3.63) is 23.8 Å². The van der Waals surface area contributed by atoms with E-state index in [0.29, 0.717) is 18.1 Å². The predicted octanol–water partition coefficient (Wildman–Crippen LogP) is 1.50. The van der Waals surface area contributed by atoms with Gasteiger partial charge in [-0.15, -0.1) is 0 Å². The Kier molecular flexibility index (Phi) is 3.44. The van der Waals surface area contributed by atoms with Crippen molar-refractivity contribution in [3.8, 4) is 11.5 Å². The highest BCUT2D eigenvalue weighted by Gasteiger charge is 2.12. The van der Waals surface area contributed by atoms with Gasteiger partial charge in [0, 0.05) is 0 Å². The maximum atomic E-state index is 10.9. The van der Waals surface area contributed by atoms with E-state index in [1.54, 1.807) is 19.1 Å². The van der Waals surface area contributed by atoms with Gasteiger partial charge >= 0.3 is 6.09 Å². The zero-order valence-corrected chi connectivity index (χ0v) is 9.30. The topological polar surface area (TPSA) is 69.2 Å². The number of amides is 1. The van der Waals surface area contributed by atoms with Crippen LogP contribution >= 0.6 is 0 Å². The lowest BCUT2D eigenvalue weighted by Crippen LogP contribution is -2.18. The van der Waals surface area contributed by atoms with Crippen molar-refractivity contribution in [1.29, 1.82) is 0 Å². The molecule has 0 saturated carbocycles. The number of benzene rings is 1. The summed E-state index contributed by atoms with van der Waals surface area (Å²) >= 11 is 0. The minimum Gasteiger partial charge on any atom is -0.454 e. The monoisotopic (exact) mass is 236 g/mol. The van der Waals surface area contributed by atoms with E-state index >= 15 is 0 Å². The zero-order chi connectivity index (χ0) is 12.1. The maximum Gasteiger partial charge on any atom is 0.427 e. The van der Waals surface area contributed by atoms with Crippen LogP contribution in [0.2, 0.25) is 0 Å². The molecule has 1 aliphatic rings. The Morgan fingerprint density at radius 1 is 1.53 bits per heavy atom. The lowest BCUT2D eigenvalue weighted by molar-refractivity contribution is 0.152. The SMILES string of the molecule is CCOC(=O)N/N=C/c1ccc2c(c1)OCO2. The van der Waals surface area contributed by atoms with Crippen LogP contribution in [-0.2, 0) is 4.74 Å². The minimum absolute atomic E-state index is 0.233. The van der Waals surface area contributed by atoms with Crippen LogP contribution in [-0.4, -0.2) is 25.7 Å². The molecule has 17 heavy (non-hydrogen) atoms. The molecule has 6 nitrogen and oxygen atoms in total. The van der Waals surface area contributed by atoms with E-state index in [1.165, 1.54) is 6.21 Å². The Morgan fingerprint density at radius 3 is 3.18 bits per heavy atom. The van der Waals surface area contributed by atoms with Crippen LogP contribution in [0.3, 0.4) is 0 Å². The van der Waals surface area contributed by atoms with E-state index in [9.17, 15) is 4.79 Å². The van der Waals surface area contributed by atoms with Crippen molar-refractivity contribution in [2.24, 2.45) is 5.10 Å². The third kappa shape index (κ3) is 2.87. The molecule has 0 bridgehead atoms. The standard InChI is InChI=1S/C11H12N2O4/c1-2-15-11(14)13-12-6-8-3-4-9-10(5-8)17-7-16-9/h3-6H,2,7H2,1H3,(H,13,14)/b12-6+. The number of hydrogen-bond donors (Lipinski definition) is 1. The summed E-state index contributed by atoms with van der Waals surface area (Å²) < 4.78 is 15.0. The summed E-state index contributed by atoms with van der Waals surface area (Å²) in [6.07, 6.45) is 0.920. The second-order valence-corrected chi connectivity index (χ2v) is 3.20. The molecule has 1 heterocycles. The molecule has 0 radical (unpaired) electrons. The lowest BCUT2D eigenvalue weighted by Gasteiger charge is -1.99. The highest BCUT2D eigenvalue weighted by atomic mass is 16.7. The second kappa shape index (κ2) is 5.20. The van der Waals surface area contributed by atoms with Crippen LogP contribution in [0.25, 0.3) is 0 Å². The van der Waals surface area contributed by atoms with E-state index in [4.69, 9.17) is 9.47 Å². The molecule has 0 spiro atoms. The van der Waals surface area contributed by atoms with Gasteiger partial charge in [0.25, 0.3) is 0 Å². The molecule has 6 heteroatoms. The van der Waals surface area contributed by atoms with Crippen molar-refractivity contribution < 1.29 is 19.0 Å². The van der Waals surface area contributed by atoms with Crippen molar-refractivity contribution in [1.82, 2.24) is 5.43 Å². The summed E-state index contributed by atoms with van der Waals surface area (Å²) in [4.78, 5) is 10.9. The maximum absolute atomic E-state index is 10.9. The number of carbonyl (C=O) groups excluding carboxylic acids is 1. The molecule has 0 fully saturated rings. The number of hydrazone groups is 1. The highest BCUT2D eigenvalue weighted by Crippen LogP contribution is 2.31. The van der Waals surface area contributed by atoms with Crippen LogP contribution in [0.4, 0.5) is 4.79 Å². The van der Waals surface area contributed by atoms with Gasteiger partial charge in [-0.05, 0) is 30.7 Å². The molecule has 1 aliphatic heterocycles. The third-order valence-electron chi connectivity index (χ3n) is 2.04. The van der Waals surface area contributed by atoms with Gasteiger partial charge in [-0.3, -0.25) is 0 Å². The Bertz CT molecular complexity index is 445. The first-order valence-electron chi connectivity index (χ1n) is 5.15. The summed E-state index contributed by atoms with van der Waals surface area (Å²) in [5.41, 5.74) is 3.03. The average molecular weight is 236 g/mol. The van der Waals surface area contributed by atoms with Crippen LogP contribution in [0.15, 0.2) is 23.3 Å². The number of fused-ring (bicyclic) bond motifs is 1. The van der Waals surface area contributed by atoms with E-state index in [-0.39, 0.29) is 6.79 Å². The molecule has 2 rings (SSSR count). The molecular formula is C11H12N2O4. The van der Waals surface area contributed by atoms with Crippen molar-refractivity contribution in [3.63, 3.8) is 0 Å². The first kappa shape index (κ1) is 11.3. The Labute approximate surface area is 98.2 Å². The van der Waals surface area contributed by atoms with E-state index in [1.807, 2.05) is 6.07 Å². The molecular weight excluding hydrogens is 224 g/mol. The third-order valence-corrected chi connectivity index (χ3v) is 2.04. The number of hydrogen-bond acceptors (Lipinski definition) is 5. The van der Waals surface area contributed by atoms with Gasteiger partial charge in [-0.25, -0.2) is 10.2 Å². The normalized spacial score (nSPS) is 12.8. The second-order valence-electron chi connectivity index (χ2n) is 3.20. The van der Waals surface area contributed by atoms with E-state index < -0.39 is 6.09 Å². The van der Waals surface area contributed by atoms with Gasteiger partial charge in [0.2, 0.25) is 6.79 Å². The van der Waals surface area contributed by atoms with Gasteiger partial charge in [0.15, 0.2) is 11.5 Å². The lowest BCUT2D eigenvalue weighted by atomic mass is 10.2. The summed E-state index contributed by atoms with van der Waals surface area (Å²) in [6, 6.07) is 5.37. The predicted molar refractivity (Wildman–Crippen MR) is 60.3 cm³/mol. The number of carbonyl (C=O) groups is 1.